The number of amides is 1. The Morgan fingerprint density at radius 3 is 2.57 bits per heavy atom. The van der Waals surface area contributed by atoms with E-state index < -0.39 is 9.05 Å². The molecule has 2 atom stereocenters. The van der Waals surface area contributed by atoms with Crippen LogP contribution in [-0.4, -0.2) is 31.8 Å². The molecule has 1 saturated carbocycles. The molecule has 1 aliphatic heterocycles. The molecule has 0 aromatic heterocycles. The van der Waals surface area contributed by atoms with Crippen LogP contribution < -0.4 is 0 Å². The lowest BCUT2D eigenvalue weighted by molar-refractivity contribution is 0.0703. The number of nitrogens with zero attached hydrogens (tertiary/aromatic N) is 1. The second kappa shape index (κ2) is 5.41. The van der Waals surface area contributed by atoms with Gasteiger partial charge < -0.3 is 4.90 Å². The molecule has 8 heteroatoms. The summed E-state index contributed by atoms with van der Waals surface area (Å²) in [5.74, 6) is 0.388. The number of carbonyl (C=O) groups is 1. The molecule has 0 radical (unpaired) electrons. The maximum atomic E-state index is 12.6. The number of likely N-dealkylation sites (tertiary alicyclic amines) is 1. The van der Waals surface area contributed by atoms with E-state index in [1.807, 2.05) is 4.90 Å². The van der Waals surface area contributed by atoms with Crippen LogP contribution in [0.15, 0.2) is 21.5 Å². The van der Waals surface area contributed by atoms with Crippen molar-refractivity contribution in [3.8, 4) is 0 Å². The monoisotopic (exact) mass is 411 g/mol. The molecule has 4 nitrogen and oxygen atoms in total. The van der Waals surface area contributed by atoms with Crippen LogP contribution >= 0.6 is 38.2 Å². The average molecular weight is 413 g/mol. The first kappa shape index (κ1) is 15.6. The molecule has 1 aromatic rings. The van der Waals surface area contributed by atoms with Gasteiger partial charge in [-0.05, 0) is 53.2 Å². The summed E-state index contributed by atoms with van der Waals surface area (Å²) < 4.78 is 23.3. The van der Waals surface area contributed by atoms with Crippen LogP contribution in [0.4, 0.5) is 0 Å². The fourth-order valence-corrected chi connectivity index (χ4v) is 5.58. The highest BCUT2D eigenvalue weighted by Crippen LogP contribution is 2.39. The molecule has 21 heavy (non-hydrogen) atoms. The van der Waals surface area contributed by atoms with E-state index in [0.29, 0.717) is 5.92 Å². The molecule has 1 heterocycles. The Morgan fingerprint density at radius 2 is 2.05 bits per heavy atom. The SMILES string of the molecule is O=C(c1cc(Cl)c(Br)c(S(=O)(=O)Cl)c1)N1CC2CCC1C2. The second-order valence-corrected chi connectivity index (χ2v) is 9.23. The largest absolute Gasteiger partial charge is 0.335 e. The minimum Gasteiger partial charge on any atom is -0.335 e. The van der Waals surface area contributed by atoms with E-state index in [1.54, 1.807) is 0 Å². The molecule has 2 unspecified atom stereocenters. The average Bonchev–Trinajstić information content (AvgIpc) is 3.01. The number of piperidine rings is 1. The van der Waals surface area contributed by atoms with Crippen LogP contribution in [0.3, 0.4) is 0 Å². The molecule has 2 aliphatic rings. The van der Waals surface area contributed by atoms with Crippen LogP contribution in [0.5, 0.6) is 0 Å². The standard InChI is InChI=1S/C13H12BrCl2NO3S/c14-12-10(15)4-8(5-11(12)21(16,19)20)13(18)17-6-7-1-2-9(17)3-7/h4-5,7,9H,1-3,6H2. The third-order valence-corrected chi connectivity index (χ3v) is 7.16. The summed E-state index contributed by atoms with van der Waals surface area (Å²) in [6.45, 7) is 0.736. The van der Waals surface area contributed by atoms with E-state index in [2.05, 4.69) is 15.9 Å². The molecular weight excluding hydrogens is 401 g/mol. The lowest BCUT2D eigenvalue weighted by atomic mass is 10.1. The van der Waals surface area contributed by atoms with Gasteiger partial charge in [-0.15, -0.1) is 0 Å². The molecule has 114 valence electrons. The zero-order chi connectivity index (χ0) is 15.4. The van der Waals surface area contributed by atoms with Gasteiger partial charge in [0.15, 0.2) is 0 Å². The zero-order valence-electron chi connectivity index (χ0n) is 10.9. The van der Waals surface area contributed by atoms with Crippen molar-refractivity contribution in [3.63, 3.8) is 0 Å². The van der Waals surface area contributed by atoms with Gasteiger partial charge >= 0.3 is 0 Å². The highest BCUT2D eigenvalue weighted by atomic mass is 79.9. The highest BCUT2D eigenvalue weighted by molar-refractivity contribution is 9.10. The predicted molar refractivity (Wildman–Crippen MR) is 84.4 cm³/mol. The second-order valence-electron chi connectivity index (χ2n) is 5.50. The van der Waals surface area contributed by atoms with Gasteiger partial charge in [-0.25, -0.2) is 8.42 Å². The molecule has 2 fully saturated rings. The summed E-state index contributed by atoms with van der Waals surface area (Å²) in [6, 6.07) is 3.03. The van der Waals surface area contributed by atoms with Crippen molar-refractivity contribution in [1.82, 2.24) is 4.90 Å². The number of carbonyl (C=O) groups excluding carboxylic acids is 1. The molecule has 0 spiro atoms. The Labute approximate surface area is 140 Å². The fraction of sp³-hybridized carbons (Fsp3) is 0.462. The van der Waals surface area contributed by atoms with Crippen LogP contribution in [-0.2, 0) is 9.05 Å². The summed E-state index contributed by atoms with van der Waals surface area (Å²) in [7, 11) is 1.42. The zero-order valence-corrected chi connectivity index (χ0v) is 14.8. The quantitative estimate of drug-likeness (QED) is 0.696. The third kappa shape index (κ3) is 2.83. The van der Waals surface area contributed by atoms with Crippen molar-refractivity contribution >= 4 is 53.2 Å². The Kier molecular flexibility index (Phi) is 4.01. The van der Waals surface area contributed by atoms with Gasteiger partial charge in [-0.2, -0.15) is 0 Å². The van der Waals surface area contributed by atoms with Gasteiger partial charge in [-0.1, -0.05) is 11.6 Å². The maximum Gasteiger partial charge on any atom is 0.262 e. The van der Waals surface area contributed by atoms with Gasteiger partial charge in [0.1, 0.15) is 0 Å². The molecule has 1 aliphatic carbocycles. The van der Waals surface area contributed by atoms with Crippen molar-refractivity contribution < 1.29 is 13.2 Å². The lowest BCUT2D eigenvalue weighted by Gasteiger charge is -2.27. The molecule has 2 bridgehead atoms. The predicted octanol–water partition coefficient (Wildman–Crippen LogP) is 3.65. The smallest absolute Gasteiger partial charge is 0.262 e. The van der Waals surface area contributed by atoms with Crippen LogP contribution in [0.25, 0.3) is 0 Å². The van der Waals surface area contributed by atoms with E-state index >= 15 is 0 Å². The summed E-state index contributed by atoms with van der Waals surface area (Å²) in [4.78, 5) is 14.2. The summed E-state index contributed by atoms with van der Waals surface area (Å²) in [5, 5.41) is 0.157. The summed E-state index contributed by atoms with van der Waals surface area (Å²) in [5.41, 5.74) is 0.259. The van der Waals surface area contributed by atoms with Gasteiger partial charge in [-0.3, -0.25) is 4.79 Å². The molecule has 1 aromatic carbocycles. The van der Waals surface area contributed by atoms with E-state index in [9.17, 15) is 13.2 Å². The van der Waals surface area contributed by atoms with Crippen molar-refractivity contribution in [3.05, 3.63) is 27.2 Å². The Balaban J connectivity index is 1.99. The topological polar surface area (TPSA) is 54.5 Å². The number of hydrogen-bond acceptors (Lipinski definition) is 3. The number of hydrogen-bond donors (Lipinski definition) is 0. The van der Waals surface area contributed by atoms with Crippen LogP contribution in [0.2, 0.25) is 5.02 Å². The molecule has 1 amide bonds. The van der Waals surface area contributed by atoms with E-state index in [1.165, 1.54) is 12.1 Å². The Bertz CT molecular complexity index is 722. The Morgan fingerprint density at radius 1 is 1.33 bits per heavy atom. The minimum atomic E-state index is -3.98. The number of halogens is 3. The normalized spacial score (nSPS) is 24.6. The third-order valence-electron chi connectivity index (χ3n) is 4.17. The first-order valence-corrected chi connectivity index (χ1v) is 10.00. The highest BCUT2D eigenvalue weighted by Gasteiger charge is 2.40. The first-order valence-electron chi connectivity index (χ1n) is 6.52. The van der Waals surface area contributed by atoms with Crippen molar-refractivity contribution in [2.24, 2.45) is 5.92 Å². The maximum absolute atomic E-state index is 12.6. The van der Waals surface area contributed by atoms with Crippen molar-refractivity contribution in [1.29, 1.82) is 0 Å². The van der Waals surface area contributed by atoms with Gasteiger partial charge in [0.2, 0.25) is 0 Å². The summed E-state index contributed by atoms with van der Waals surface area (Å²) >= 11 is 9.11. The van der Waals surface area contributed by atoms with E-state index in [4.69, 9.17) is 22.3 Å². The first-order chi connectivity index (χ1) is 9.77. The van der Waals surface area contributed by atoms with Crippen molar-refractivity contribution in [2.45, 2.75) is 30.2 Å². The Hall–Kier alpha value is -0.300. The van der Waals surface area contributed by atoms with Crippen molar-refractivity contribution in [2.75, 3.05) is 6.54 Å². The molecule has 0 N–H and O–H groups in total. The van der Waals surface area contributed by atoms with Crippen LogP contribution in [0, 0.1) is 5.92 Å². The lowest BCUT2D eigenvalue weighted by Crippen LogP contribution is -2.37. The van der Waals surface area contributed by atoms with Gasteiger partial charge in [0.05, 0.1) is 14.4 Å². The van der Waals surface area contributed by atoms with Gasteiger partial charge in [0.25, 0.3) is 15.0 Å². The van der Waals surface area contributed by atoms with E-state index in [-0.39, 0.29) is 31.9 Å². The molecule has 3 rings (SSSR count). The number of benzene rings is 1. The fourth-order valence-electron chi connectivity index (χ4n) is 3.20. The number of rotatable bonds is 2. The number of fused-ring (bicyclic) bond motifs is 2. The molecular formula is C13H12BrCl2NO3S. The van der Waals surface area contributed by atoms with E-state index in [0.717, 1.165) is 25.8 Å². The van der Waals surface area contributed by atoms with Gasteiger partial charge in [0, 0.05) is 28.8 Å². The summed E-state index contributed by atoms with van der Waals surface area (Å²) in [6.07, 6.45) is 3.22. The minimum absolute atomic E-state index is 0.157. The van der Waals surface area contributed by atoms with Crippen LogP contribution in [0.1, 0.15) is 29.6 Å². The molecule has 1 saturated heterocycles.